The van der Waals surface area contributed by atoms with Gasteiger partial charge in [-0.05, 0) is 45.2 Å². The zero-order chi connectivity index (χ0) is 23.8. The number of hydrogen-bond acceptors (Lipinski definition) is 5. The summed E-state index contributed by atoms with van der Waals surface area (Å²) in [5.41, 5.74) is 5.75. The first-order chi connectivity index (χ1) is 15.9. The number of hydrogen-bond donors (Lipinski definition) is 2. The second kappa shape index (κ2) is 11.7. The second-order valence-corrected chi connectivity index (χ2v) is 9.21. The van der Waals surface area contributed by atoms with Gasteiger partial charge in [0.1, 0.15) is 5.54 Å². The van der Waals surface area contributed by atoms with Crippen LogP contribution in [-0.2, 0) is 9.59 Å². The number of nitrogens with two attached hydrogens (primary N) is 1. The summed E-state index contributed by atoms with van der Waals surface area (Å²) in [6.07, 6.45) is 3.41. The van der Waals surface area contributed by atoms with Crippen LogP contribution in [0.15, 0.2) is 30.3 Å². The van der Waals surface area contributed by atoms with Gasteiger partial charge in [0.05, 0.1) is 6.04 Å². The highest BCUT2D eigenvalue weighted by Crippen LogP contribution is 2.32. The zero-order valence-corrected chi connectivity index (χ0v) is 19.6. The van der Waals surface area contributed by atoms with Gasteiger partial charge >= 0.3 is 0 Å². The summed E-state index contributed by atoms with van der Waals surface area (Å²) in [4.78, 5) is 41.7. The molecule has 33 heavy (non-hydrogen) atoms. The van der Waals surface area contributed by atoms with Crippen LogP contribution in [0.2, 0.25) is 0 Å². The van der Waals surface area contributed by atoms with E-state index in [0.717, 1.165) is 25.9 Å². The average molecular weight is 461 g/mol. The smallest absolute Gasteiger partial charge is 0.239 e. The van der Waals surface area contributed by atoms with Gasteiger partial charge in [-0.1, -0.05) is 43.7 Å². The maximum atomic E-state index is 14.5. The van der Waals surface area contributed by atoms with Crippen LogP contribution in [0.4, 0.5) is 4.39 Å². The molecule has 2 unspecified atom stereocenters. The fraction of sp³-hybridized carbons (Fsp3) is 0.640. The molecule has 2 aliphatic heterocycles. The van der Waals surface area contributed by atoms with Crippen molar-refractivity contribution in [2.45, 2.75) is 76.2 Å². The van der Waals surface area contributed by atoms with Gasteiger partial charge in [-0.25, -0.2) is 4.39 Å². The molecule has 3 rings (SSSR count). The highest BCUT2D eigenvalue weighted by molar-refractivity contribution is 5.96. The van der Waals surface area contributed by atoms with Gasteiger partial charge in [0.2, 0.25) is 11.8 Å². The Morgan fingerprint density at radius 1 is 1.06 bits per heavy atom. The summed E-state index contributed by atoms with van der Waals surface area (Å²) in [7, 11) is 0. The Labute approximate surface area is 195 Å². The van der Waals surface area contributed by atoms with Crippen molar-refractivity contribution in [3.63, 3.8) is 0 Å². The molecule has 1 aromatic carbocycles. The van der Waals surface area contributed by atoms with Crippen LogP contribution < -0.4 is 11.1 Å². The van der Waals surface area contributed by atoms with Crippen molar-refractivity contribution in [1.82, 2.24) is 15.1 Å². The van der Waals surface area contributed by atoms with E-state index in [4.69, 9.17) is 5.73 Å². The minimum Gasteiger partial charge on any atom is -0.368 e. The molecule has 0 aliphatic carbocycles. The van der Waals surface area contributed by atoms with Crippen LogP contribution in [0.3, 0.4) is 0 Å². The average Bonchev–Trinajstić information content (AvgIpc) is 2.84. The van der Waals surface area contributed by atoms with Crippen LogP contribution in [0, 0.1) is 0 Å². The third-order valence-corrected chi connectivity index (χ3v) is 7.19. The molecular formula is C25H37FN4O3. The third kappa shape index (κ3) is 6.18. The lowest BCUT2D eigenvalue weighted by molar-refractivity contribution is -0.137. The Kier molecular flexibility index (Phi) is 8.97. The Morgan fingerprint density at radius 3 is 2.27 bits per heavy atom. The van der Waals surface area contributed by atoms with Gasteiger partial charge in [-0.2, -0.15) is 0 Å². The topological polar surface area (TPSA) is 95.7 Å². The monoisotopic (exact) mass is 460 g/mol. The minimum atomic E-state index is -1.58. The molecule has 0 saturated carbocycles. The summed E-state index contributed by atoms with van der Waals surface area (Å²) >= 11 is 0. The third-order valence-electron chi connectivity index (χ3n) is 7.19. The van der Waals surface area contributed by atoms with Gasteiger partial charge in [0, 0.05) is 31.5 Å². The van der Waals surface area contributed by atoms with Gasteiger partial charge in [0.15, 0.2) is 12.1 Å². The van der Waals surface area contributed by atoms with E-state index >= 15 is 0 Å². The largest absolute Gasteiger partial charge is 0.368 e. The quantitative estimate of drug-likeness (QED) is 0.413. The first-order valence-corrected chi connectivity index (χ1v) is 12.2. The summed E-state index contributed by atoms with van der Waals surface area (Å²) < 4.78 is 14.5. The molecule has 0 spiro atoms. The maximum Gasteiger partial charge on any atom is 0.239 e. The number of rotatable bonds is 10. The molecule has 0 radical (unpaired) electrons. The number of amides is 2. The number of benzene rings is 1. The number of ketones is 1. The lowest BCUT2D eigenvalue weighted by atomic mass is 9.82. The van der Waals surface area contributed by atoms with Crippen LogP contribution in [0.5, 0.6) is 0 Å². The number of alkyl halides is 1. The number of carbonyl (C=O) groups excluding carboxylic acids is 3. The van der Waals surface area contributed by atoms with E-state index in [1.807, 2.05) is 17.9 Å². The van der Waals surface area contributed by atoms with Crippen LogP contribution in [0.25, 0.3) is 0 Å². The van der Waals surface area contributed by atoms with E-state index in [1.54, 1.807) is 24.3 Å². The Balaban J connectivity index is 1.51. The number of piperidine rings is 2. The number of Topliss-reactive ketones (excluding diaryl/α,β-unsaturated/α-hetero) is 1. The van der Waals surface area contributed by atoms with Crippen LogP contribution in [0.1, 0.15) is 68.6 Å². The molecule has 0 bridgehead atoms. The molecule has 1 aromatic rings. The van der Waals surface area contributed by atoms with Crippen LogP contribution in [-0.4, -0.2) is 71.5 Å². The SMILES string of the molecule is CCC(C(=O)NC(F)CCC(=O)c1ccccc1)N1CCC(C(N)=O)(N2CCCCC2)CC1. The summed E-state index contributed by atoms with van der Waals surface area (Å²) in [5.74, 6) is -0.800. The van der Waals surface area contributed by atoms with Crippen molar-refractivity contribution in [2.24, 2.45) is 5.73 Å². The van der Waals surface area contributed by atoms with Crippen molar-refractivity contribution in [3.05, 3.63) is 35.9 Å². The summed E-state index contributed by atoms with van der Waals surface area (Å²) in [6.45, 7) is 4.79. The first-order valence-electron chi connectivity index (χ1n) is 12.2. The normalized spacial score (nSPS) is 21.2. The second-order valence-electron chi connectivity index (χ2n) is 9.21. The lowest BCUT2D eigenvalue weighted by Gasteiger charge is -2.49. The summed E-state index contributed by atoms with van der Waals surface area (Å²) in [6, 6.07) is 8.29. The van der Waals surface area contributed by atoms with Gasteiger partial charge in [-0.3, -0.25) is 24.2 Å². The van der Waals surface area contributed by atoms with E-state index in [2.05, 4.69) is 10.2 Å². The summed E-state index contributed by atoms with van der Waals surface area (Å²) in [5, 5.41) is 2.44. The molecule has 182 valence electrons. The van der Waals surface area contributed by atoms with Gasteiger partial charge < -0.3 is 11.1 Å². The van der Waals surface area contributed by atoms with Crippen molar-refractivity contribution < 1.29 is 18.8 Å². The Hall–Kier alpha value is -2.32. The molecule has 2 aliphatic rings. The highest BCUT2D eigenvalue weighted by Gasteiger charge is 2.46. The number of halogens is 1. The highest BCUT2D eigenvalue weighted by atomic mass is 19.1. The predicted octanol–water partition coefficient (Wildman–Crippen LogP) is 2.65. The molecule has 8 heteroatoms. The molecule has 7 nitrogen and oxygen atoms in total. The van der Waals surface area contributed by atoms with Gasteiger partial charge in [-0.15, -0.1) is 0 Å². The predicted molar refractivity (Wildman–Crippen MR) is 125 cm³/mol. The number of likely N-dealkylation sites (tertiary alicyclic amines) is 2. The van der Waals surface area contributed by atoms with E-state index in [0.29, 0.717) is 37.9 Å². The molecular weight excluding hydrogens is 423 g/mol. The van der Waals surface area contributed by atoms with Crippen molar-refractivity contribution in [1.29, 1.82) is 0 Å². The van der Waals surface area contributed by atoms with Crippen LogP contribution >= 0.6 is 0 Å². The fourth-order valence-electron chi connectivity index (χ4n) is 5.20. The number of nitrogens with one attached hydrogen (secondary N) is 1. The lowest BCUT2D eigenvalue weighted by Crippen LogP contribution is -2.64. The fourth-order valence-corrected chi connectivity index (χ4v) is 5.20. The zero-order valence-electron chi connectivity index (χ0n) is 19.6. The van der Waals surface area contributed by atoms with Crippen molar-refractivity contribution in [2.75, 3.05) is 26.2 Å². The van der Waals surface area contributed by atoms with E-state index < -0.39 is 17.9 Å². The molecule has 2 amide bonds. The first kappa shape index (κ1) is 25.3. The van der Waals surface area contributed by atoms with Crippen molar-refractivity contribution in [3.8, 4) is 0 Å². The molecule has 3 N–H and O–H groups in total. The standard InChI is InChI=1S/C25H37FN4O3/c1-2-20(23(32)28-22(26)12-11-21(31)19-9-5-3-6-10-19)29-17-13-25(14-18-29,24(27)33)30-15-7-4-8-16-30/h3,5-6,9-10,20,22H,2,4,7-8,11-18H2,1H3,(H2,27,33)(H,28,32). The molecule has 2 atom stereocenters. The maximum absolute atomic E-state index is 14.5. The minimum absolute atomic E-state index is 0.0307. The van der Waals surface area contributed by atoms with E-state index in [-0.39, 0.29) is 30.4 Å². The van der Waals surface area contributed by atoms with Crippen molar-refractivity contribution >= 4 is 17.6 Å². The number of nitrogens with zero attached hydrogens (tertiary/aromatic N) is 2. The van der Waals surface area contributed by atoms with E-state index in [9.17, 15) is 18.8 Å². The number of primary amides is 1. The number of carbonyl (C=O) groups is 3. The van der Waals surface area contributed by atoms with E-state index in [1.165, 1.54) is 6.42 Å². The molecule has 2 fully saturated rings. The molecule has 0 aromatic heterocycles. The molecule has 2 heterocycles. The van der Waals surface area contributed by atoms with Gasteiger partial charge in [0.25, 0.3) is 0 Å². The molecule has 2 saturated heterocycles. The Bertz CT molecular complexity index is 805. The Morgan fingerprint density at radius 2 is 1.70 bits per heavy atom.